The Balaban J connectivity index is 2.18. The van der Waals surface area contributed by atoms with Gasteiger partial charge in [-0.15, -0.1) is 11.3 Å². The number of hydrogen-bond acceptors (Lipinski definition) is 5. The lowest BCUT2D eigenvalue weighted by atomic mass is 10.3. The normalized spacial score (nSPS) is 10.2. The van der Waals surface area contributed by atoms with Gasteiger partial charge in [-0.3, -0.25) is 9.78 Å². The number of carbonyl (C=O) groups excluding carboxylic acids is 1. The molecule has 0 radical (unpaired) electrons. The molecule has 0 atom stereocenters. The van der Waals surface area contributed by atoms with Crippen molar-refractivity contribution in [1.29, 1.82) is 0 Å². The monoisotopic (exact) mass is 294 g/mol. The molecule has 98 valence electrons. The summed E-state index contributed by atoms with van der Waals surface area (Å²) in [7, 11) is 1.54. The number of rotatable bonds is 4. The van der Waals surface area contributed by atoms with Gasteiger partial charge in [-0.1, -0.05) is 11.8 Å². The molecule has 0 aromatic carbocycles. The molecule has 0 aliphatic heterocycles. The van der Waals surface area contributed by atoms with Gasteiger partial charge in [-0.25, -0.2) is 4.79 Å². The largest absolute Gasteiger partial charge is 0.477 e. The van der Waals surface area contributed by atoms with Crippen molar-refractivity contribution in [3.05, 3.63) is 40.3 Å². The highest BCUT2D eigenvalue weighted by molar-refractivity contribution is 7.99. The highest BCUT2D eigenvalue weighted by Crippen LogP contribution is 2.31. The van der Waals surface area contributed by atoms with Crippen LogP contribution in [0.5, 0.6) is 0 Å². The zero-order chi connectivity index (χ0) is 13.8. The number of pyridine rings is 1. The Morgan fingerprint density at radius 2 is 2.16 bits per heavy atom. The van der Waals surface area contributed by atoms with Gasteiger partial charge in [-0.2, -0.15) is 0 Å². The predicted octanol–water partition coefficient (Wildman–Crippen LogP) is 2.35. The van der Waals surface area contributed by atoms with Crippen molar-refractivity contribution in [1.82, 2.24) is 10.3 Å². The first-order valence-electron chi connectivity index (χ1n) is 5.28. The second-order valence-electron chi connectivity index (χ2n) is 3.51. The second-order valence-corrected chi connectivity index (χ2v) is 5.57. The molecule has 0 saturated carbocycles. The van der Waals surface area contributed by atoms with Crippen molar-refractivity contribution >= 4 is 35.0 Å². The van der Waals surface area contributed by atoms with E-state index in [2.05, 4.69) is 10.3 Å². The van der Waals surface area contributed by atoms with E-state index in [0.717, 1.165) is 9.79 Å². The van der Waals surface area contributed by atoms with E-state index in [1.165, 1.54) is 23.1 Å². The van der Waals surface area contributed by atoms with E-state index in [1.54, 1.807) is 36.8 Å². The topological polar surface area (TPSA) is 79.3 Å². The molecule has 19 heavy (non-hydrogen) atoms. The molecule has 0 aliphatic carbocycles. The van der Waals surface area contributed by atoms with Crippen LogP contribution in [-0.4, -0.2) is 29.0 Å². The Labute approximate surface area is 117 Å². The number of amides is 1. The SMILES string of the molecule is CNC(=O)c1cc(Sc2csc(C(=O)O)c2)ccn1. The molecule has 0 aliphatic rings. The number of aromatic carboxylic acids is 1. The minimum absolute atomic E-state index is 0.251. The van der Waals surface area contributed by atoms with E-state index >= 15 is 0 Å². The van der Waals surface area contributed by atoms with Crippen LogP contribution in [0.2, 0.25) is 0 Å². The van der Waals surface area contributed by atoms with Crippen molar-refractivity contribution in [2.45, 2.75) is 9.79 Å². The summed E-state index contributed by atoms with van der Waals surface area (Å²) in [5.74, 6) is -1.18. The van der Waals surface area contributed by atoms with Crippen LogP contribution in [0.15, 0.2) is 39.6 Å². The summed E-state index contributed by atoms with van der Waals surface area (Å²) in [6, 6.07) is 5.05. The van der Waals surface area contributed by atoms with Gasteiger partial charge in [0.25, 0.3) is 5.91 Å². The standard InChI is InChI=1S/C12H10N2O3S2/c1-13-11(15)9-4-7(2-3-14-9)19-8-5-10(12(16)17)18-6-8/h2-6H,1H3,(H,13,15)(H,16,17). The molecular weight excluding hydrogens is 284 g/mol. The third-order valence-electron chi connectivity index (χ3n) is 2.21. The number of hydrogen-bond donors (Lipinski definition) is 2. The highest BCUT2D eigenvalue weighted by atomic mass is 32.2. The molecule has 0 unspecified atom stereocenters. The van der Waals surface area contributed by atoms with Crippen LogP contribution < -0.4 is 5.32 Å². The first-order valence-corrected chi connectivity index (χ1v) is 6.97. The maximum Gasteiger partial charge on any atom is 0.345 e. The van der Waals surface area contributed by atoms with E-state index < -0.39 is 5.97 Å². The fourth-order valence-electron chi connectivity index (χ4n) is 1.35. The zero-order valence-electron chi connectivity index (χ0n) is 9.91. The van der Waals surface area contributed by atoms with Gasteiger partial charge >= 0.3 is 5.97 Å². The van der Waals surface area contributed by atoms with Gasteiger partial charge in [-0.05, 0) is 18.2 Å². The molecule has 2 N–H and O–H groups in total. The van der Waals surface area contributed by atoms with E-state index in [9.17, 15) is 9.59 Å². The van der Waals surface area contributed by atoms with Crippen molar-refractivity contribution in [3.63, 3.8) is 0 Å². The number of carbonyl (C=O) groups is 2. The number of nitrogens with zero attached hydrogens (tertiary/aromatic N) is 1. The van der Waals surface area contributed by atoms with Crippen LogP contribution in [0, 0.1) is 0 Å². The van der Waals surface area contributed by atoms with Crippen LogP contribution in [0.4, 0.5) is 0 Å². The summed E-state index contributed by atoms with van der Waals surface area (Å²) in [6.45, 7) is 0. The molecule has 5 nitrogen and oxygen atoms in total. The van der Waals surface area contributed by atoms with Gasteiger partial charge in [0.2, 0.25) is 0 Å². The van der Waals surface area contributed by atoms with Crippen molar-refractivity contribution in [3.8, 4) is 0 Å². The lowest BCUT2D eigenvalue weighted by Crippen LogP contribution is -2.18. The predicted molar refractivity (Wildman–Crippen MR) is 73.0 cm³/mol. The molecule has 0 bridgehead atoms. The lowest BCUT2D eigenvalue weighted by molar-refractivity contribution is 0.0701. The summed E-state index contributed by atoms with van der Waals surface area (Å²) in [6.07, 6.45) is 1.55. The van der Waals surface area contributed by atoms with Gasteiger partial charge in [0.1, 0.15) is 10.6 Å². The molecule has 2 rings (SSSR count). The lowest BCUT2D eigenvalue weighted by Gasteiger charge is -2.02. The van der Waals surface area contributed by atoms with Crippen LogP contribution in [0.1, 0.15) is 20.2 Å². The van der Waals surface area contributed by atoms with Crippen LogP contribution in [0.3, 0.4) is 0 Å². The van der Waals surface area contributed by atoms with Crippen LogP contribution in [-0.2, 0) is 0 Å². The minimum atomic E-state index is -0.933. The van der Waals surface area contributed by atoms with Crippen molar-refractivity contribution in [2.24, 2.45) is 0 Å². The number of carboxylic acid groups (broad SMARTS) is 1. The molecule has 2 heterocycles. The molecule has 0 spiro atoms. The maximum atomic E-state index is 11.5. The van der Waals surface area contributed by atoms with Crippen LogP contribution in [0.25, 0.3) is 0 Å². The summed E-state index contributed by atoms with van der Waals surface area (Å²) in [5.41, 5.74) is 0.334. The molecule has 1 amide bonds. The van der Waals surface area contributed by atoms with Gasteiger partial charge in [0.05, 0.1) is 0 Å². The summed E-state index contributed by atoms with van der Waals surface area (Å²) in [5, 5.41) is 13.1. The first-order chi connectivity index (χ1) is 9.10. The smallest absolute Gasteiger partial charge is 0.345 e. The molecule has 2 aromatic rings. The fourth-order valence-corrected chi connectivity index (χ4v) is 3.11. The first kappa shape index (κ1) is 13.6. The fraction of sp³-hybridized carbons (Fsp3) is 0.0833. The molecule has 2 aromatic heterocycles. The Morgan fingerprint density at radius 1 is 1.37 bits per heavy atom. The Morgan fingerprint density at radius 3 is 2.79 bits per heavy atom. The summed E-state index contributed by atoms with van der Waals surface area (Å²) >= 11 is 2.57. The van der Waals surface area contributed by atoms with Gasteiger partial charge in [0, 0.05) is 28.4 Å². The Hall–Kier alpha value is -1.86. The van der Waals surface area contributed by atoms with Crippen molar-refractivity contribution in [2.75, 3.05) is 7.05 Å². The van der Waals surface area contributed by atoms with E-state index in [-0.39, 0.29) is 5.91 Å². The maximum absolute atomic E-state index is 11.5. The Bertz CT molecular complexity index is 625. The molecule has 0 saturated heterocycles. The molecule has 7 heteroatoms. The average Bonchev–Trinajstić information content (AvgIpc) is 2.87. The Kier molecular flexibility index (Phi) is 4.18. The third kappa shape index (κ3) is 3.33. The highest BCUT2D eigenvalue weighted by Gasteiger charge is 2.09. The number of aromatic nitrogens is 1. The van der Waals surface area contributed by atoms with Gasteiger partial charge in [0.15, 0.2) is 0 Å². The van der Waals surface area contributed by atoms with Gasteiger partial charge < -0.3 is 10.4 Å². The summed E-state index contributed by atoms with van der Waals surface area (Å²) < 4.78 is 0. The third-order valence-corrected chi connectivity index (χ3v) is 4.24. The van der Waals surface area contributed by atoms with Crippen LogP contribution >= 0.6 is 23.1 Å². The number of nitrogens with one attached hydrogen (secondary N) is 1. The van der Waals surface area contributed by atoms with Crippen molar-refractivity contribution < 1.29 is 14.7 Å². The minimum Gasteiger partial charge on any atom is -0.477 e. The molecule has 0 fully saturated rings. The average molecular weight is 294 g/mol. The number of thiophene rings is 1. The molecular formula is C12H10N2O3S2. The van der Waals surface area contributed by atoms with E-state index in [1.807, 2.05) is 0 Å². The summed E-state index contributed by atoms with van der Waals surface area (Å²) in [4.78, 5) is 28.2. The van der Waals surface area contributed by atoms with E-state index in [0.29, 0.717) is 10.6 Å². The number of carboxylic acids is 1. The zero-order valence-corrected chi connectivity index (χ0v) is 11.5. The quantitative estimate of drug-likeness (QED) is 0.905. The second kappa shape index (κ2) is 5.85. The van der Waals surface area contributed by atoms with E-state index in [4.69, 9.17) is 5.11 Å².